The van der Waals surface area contributed by atoms with Crippen molar-refractivity contribution in [1.29, 1.82) is 10.7 Å². The molecule has 0 aliphatic rings. The monoisotopic (exact) mass is 299 g/mol. The fourth-order valence-corrected chi connectivity index (χ4v) is 1.20. The van der Waals surface area contributed by atoms with Gasteiger partial charge in [-0.05, 0) is 22.0 Å². The van der Waals surface area contributed by atoms with Crippen molar-refractivity contribution in [3.63, 3.8) is 0 Å². The van der Waals surface area contributed by atoms with Gasteiger partial charge in [-0.15, -0.1) is 0 Å². The number of rotatable bonds is 3. The highest BCUT2D eigenvalue weighted by molar-refractivity contribution is 9.10. The third-order valence-electron chi connectivity index (χ3n) is 1.69. The maximum Gasteiger partial charge on any atom is 0.201 e. The first kappa shape index (κ1) is 12.9. The van der Waals surface area contributed by atoms with Crippen LogP contribution in [0.25, 0.3) is 0 Å². The van der Waals surface area contributed by atoms with E-state index in [1.165, 1.54) is 0 Å². The summed E-state index contributed by atoms with van der Waals surface area (Å²) in [5.41, 5.74) is 6.72. The van der Waals surface area contributed by atoms with E-state index in [-0.39, 0.29) is 21.6 Å². The Morgan fingerprint density at radius 2 is 2.29 bits per heavy atom. The molecule has 0 saturated heterocycles. The molecule has 0 aliphatic heterocycles. The zero-order chi connectivity index (χ0) is 13.0. The molecule has 8 heteroatoms. The van der Waals surface area contributed by atoms with Crippen LogP contribution in [0.4, 0.5) is 10.1 Å². The Hall–Kier alpha value is -2.14. The predicted octanol–water partition coefficient (Wildman–Crippen LogP) is 1.52. The lowest BCUT2D eigenvalue weighted by Crippen LogP contribution is -2.22. The van der Waals surface area contributed by atoms with Gasteiger partial charge in [-0.25, -0.2) is 4.39 Å². The van der Waals surface area contributed by atoms with Gasteiger partial charge in [0.2, 0.25) is 5.71 Å². The van der Waals surface area contributed by atoms with Crippen LogP contribution < -0.4 is 11.2 Å². The molecule has 1 aromatic rings. The first-order valence-corrected chi connectivity index (χ1v) is 5.01. The molecule has 0 atom stereocenters. The first-order chi connectivity index (χ1) is 7.95. The molecule has 0 amide bonds. The molecule has 0 saturated carbocycles. The van der Waals surface area contributed by atoms with E-state index in [1.54, 1.807) is 6.07 Å². The maximum atomic E-state index is 13.3. The van der Waals surface area contributed by atoms with E-state index in [4.69, 9.17) is 16.4 Å². The molecule has 0 spiro atoms. The molecular weight excluding hydrogens is 293 g/mol. The van der Waals surface area contributed by atoms with E-state index in [9.17, 15) is 9.50 Å². The molecule has 0 bridgehead atoms. The lowest BCUT2D eigenvalue weighted by Gasteiger charge is -2.05. The van der Waals surface area contributed by atoms with Gasteiger partial charge in [0, 0.05) is 6.07 Å². The molecule has 5 N–H and O–H groups in total. The molecule has 0 aromatic heterocycles. The van der Waals surface area contributed by atoms with Gasteiger partial charge in [0.1, 0.15) is 17.6 Å². The third-order valence-corrected chi connectivity index (χ3v) is 2.32. The Labute approximate surface area is 104 Å². The van der Waals surface area contributed by atoms with Crippen LogP contribution in [0.1, 0.15) is 0 Å². The number of hydrogen-bond acceptors (Lipinski definition) is 5. The predicted molar refractivity (Wildman–Crippen MR) is 64.3 cm³/mol. The van der Waals surface area contributed by atoms with Crippen molar-refractivity contribution in [2.75, 3.05) is 5.43 Å². The third kappa shape index (κ3) is 3.15. The van der Waals surface area contributed by atoms with Gasteiger partial charge in [-0.2, -0.15) is 10.4 Å². The number of nitriles is 1. The SMILES string of the molecule is N#C/C(=N\Nc1cc(O)c(Br)cc1F)C(=N)N. The average molecular weight is 300 g/mol. The summed E-state index contributed by atoms with van der Waals surface area (Å²) >= 11 is 2.94. The van der Waals surface area contributed by atoms with Crippen molar-refractivity contribution < 1.29 is 9.50 Å². The summed E-state index contributed by atoms with van der Waals surface area (Å²) < 4.78 is 13.5. The van der Waals surface area contributed by atoms with Crippen LogP contribution in [0.15, 0.2) is 21.7 Å². The van der Waals surface area contributed by atoms with Crippen LogP contribution in [-0.2, 0) is 0 Å². The van der Waals surface area contributed by atoms with E-state index in [0.29, 0.717) is 0 Å². The molecular formula is C9H7BrFN5O. The van der Waals surface area contributed by atoms with Crippen LogP contribution in [0.5, 0.6) is 5.75 Å². The zero-order valence-electron chi connectivity index (χ0n) is 8.33. The highest BCUT2D eigenvalue weighted by Gasteiger charge is 2.08. The lowest BCUT2D eigenvalue weighted by molar-refractivity contribution is 0.470. The molecule has 1 rings (SSSR count). The van der Waals surface area contributed by atoms with Gasteiger partial charge in [0.15, 0.2) is 5.84 Å². The van der Waals surface area contributed by atoms with Gasteiger partial charge >= 0.3 is 0 Å². The van der Waals surface area contributed by atoms with Gasteiger partial charge in [0.05, 0.1) is 10.2 Å². The van der Waals surface area contributed by atoms with Crippen molar-refractivity contribution in [3.8, 4) is 11.8 Å². The highest BCUT2D eigenvalue weighted by Crippen LogP contribution is 2.29. The Kier molecular flexibility index (Phi) is 4.01. The number of halogens is 2. The Morgan fingerprint density at radius 1 is 1.65 bits per heavy atom. The molecule has 1 aromatic carbocycles. The summed E-state index contributed by atoms with van der Waals surface area (Å²) in [7, 11) is 0. The number of phenols is 1. The summed E-state index contributed by atoms with van der Waals surface area (Å²) in [5, 5.41) is 28.3. The van der Waals surface area contributed by atoms with Crippen molar-refractivity contribution in [2.45, 2.75) is 0 Å². The Morgan fingerprint density at radius 3 is 2.82 bits per heavy atom. The number of amidine groups is 1. The maximum absolute atomic E-state index is 13.3. The number of benzene rings is 1. The number of hydrazone groups is 1. The van der Waals surface area contributed by atoms with Gasteiger partial charge in [0.25, 0.3) is 0 Å². The molecule has 6 nitrogen and oxygen atoms in total. The normalized spacial score (nSPS) is 10.8. The van der Waals surface area contributed by atoms with Gasteiger partial charge in [-0.3, -0.25) is 10.8 Å². The van der Waals surface area contributed by atoms with E-state index >= 15 is 0 Å². The quantitative estimate of drug-likeness (QED) is 0.384. The minimum atomic E-state index is -0.681. The summed E-state index contributed by atoms with van der Waals surface area (Å²) in [4.78, 5) is 0. The number of anilines is 1. The van der Waals surface area contributed by atoms with Crippen molar-refractivity contribution in [1.82, 2.24) is 0 Å². The topological polar surface area (TPSA) is 118 Å². The van der Waals surface area contributed by atoms with Crippen molar-refractivity contribution in [3.05, 3.63) is 22.4 Å². The Bertz CT molecular complexity index is 537. The molecule has 0 aliphatic carbocycles. The zero-order valence-corrected chi connectivity index (χ0v) is 9.92. The number of phenolic OH excluding ortho intramolecular Hbond substituents is 1. The summed E-state index contributed by atoms with van der Waals surface area (Å²) in [6.45, 7) is 0. The number of hydrogen-bond donors (Lipinski definition) is 4. The number of nitrogens with one attached hydrogen (secondary N) is 2. The summed E-state index contributed by atoms with van der Waals surface area (Å²) in [5.74, 6) is -1.41. The molecule has 88 valence electrons. The minimum absolute atomic E-state index is 0.139. The summed E-state index contributed by atoms with van der Waals surface area (Å²) in [6.07, 6.45) is 0. The van der Waals surface area contributed by atoms with Crippen LogP contribution >= 0.6 is 15.9 Å². The average Bonchev–Trinajstić information content (AvgIpc) is 2.25. The van der Waals surface area contributed by atoms with E-state index < -0.39 is 11.7 Å². The van der Waals surface area contributed by atoms with Crippen LogP contribution in [-0.4, -0.2) is 16.7 Å². The minimum Gasteiger partial charge on any atom is -0.507 e. The second-order valence-electron chi connectivity index (χ2n) is 2.88. The fourth-order valence-electron chi connectivity index (χ4n) is 0.885. The second-order valence-corrected chi connectivity index (χ2v) is 3.74. The highest BCUT2D eigenvalue weighted by atomic mass is 79.9. The second kappa shape index (κ2) is 5.27. The van der Waals surface area contributed by atoms with Gasteiger partial charge in [-0.1, -0.05) is 0 Å². The van der Waals surface area contributed by atoms with Crippen molar-refractivity contribution in [2.24, 2.45) is 10.8 Å². The van der Waals surface area contributed by atoms with Crippen LogP contribution in [0.3, 0.4) is 0 Å². The van der Waals surface area contributed by atoms with Crippen molar-refractivity contribution >= 4 is 33.2 Å². The lowest BCUT2D eigenvalue weighted by atomic mass is 10.3. The van der Waals surface area contributed by atoms with Gasteiger partial charge < -0.3 is 10.8 Å². The first-order valence-electron chi connectivity index (χ1n) is 4.22. The smallest absolute Gasteiger partial charge is 0.201 e. The Balaban J connectivity index is 3.01. The fraction of sp³-hybridized carbons (Fsp3) is 0. The largest absolute Gasteiger partial charge is 0.507 e. The number of nitrogens with two attached hydrogens (primary N) is 1. The number of nitrogens with zero attached hydrogens (tertiary/aromatic N) is 2. The van der Waals surface area contributed by atoms with Crippen LogP contribution in [0.2, 0.25) is 0 Å². The standard InChI is InChI=1S/C9H7BrFN5O/c10-4-1-5(11)6(2-8(4)17)15-16-7(3-12)9(13)14/h1-2,15,17H,(H3,13,14)/b16-7+. The molecule has 0 heterocycles. The summed E-state index contributed by atoms with van der Waals surface area (Å²) in [6, 6.07) is 3.68. The molecule has 0 unspecified atom stereocenters. The molecule has 17 heavy (non-hydrogen) atoms. The molecule has 0 fully saturated rings. The van der Waals surface area contributed by atoms with E-state index in [1.807, 2.05) is 0 Å². The van der Waals surface area contributed by atoms with E-state index in [2.05, 4.69) is 26.5 Å². The van der Waals surface area contributed by atoms with Crippen LogP contribution in [0, 0.1) is 22.6 Å². The number of aromatic hydroxyl groups is 1. The van der Waals surface area contributed by atoms with E-state index in [0.717, 1.165) is 12.1 Å². The molecule has 0 radical (unpaired) electrons.